The van der Waals surface area contributed by atoms with Crippen LogP contribution >= 0.6 is 0 Å². The van der Waals surface area contributed by atoms with Gasteiger partial charge < -0.3 is 14.7 Å². The van der Waals surface area contributed by atoms with E-state index in [1.807, 2.05) is 19.1 Å². The Bertz CT molecular complexity index is 469. The van der Waals surface area contributed by atoms with Crippen molar-refractivity contribution in [2.24, 2.45) is 0 Å². The van der Waals surface area contributed by atoms with Gasteiger partial charge in [-0.05, 0) is 31.9 Å². The van der Waals surface area contributed by atoms with Crippen LogP contribution in [0, 0.1) is 6.92 Å². The molecule has 0 radical (unpaired) electrons. The topological polar surface area (TPSA) is 66.8 Å². The summed E-state index contributed by atoms with van der Waals surface area (Å²) >= 11 is 0. The molecule has 1 heterocycles. The van der Waals surface area contributed by atoms with E-state index in [1.165, 1.54) is 4.90 Å². The maximum Gasteiger partial charge on any atom is 0.326 e. The summed E-state index contributed by atoms with van der Waals surface area (Å²) in [4.78, 5) is 24.3. The maximum absolute atomic E-state index is 11.9. The van der Waals surface area contributed by atoms with Crippen molar-refractivity contribution >= 4 is 11.9 Å². The summed E-state index contributed by atoms with van der Waals surface area (Å²) in [6, 6.07) is 6.68. The SMILES string of the molecule is Cc1ccc(OCC(=O)N2CCC[C@H]2C(=O)O)cc1. The standard InChI is InChI=1S/C14H17NO4/c1-10-4-6-11(7-5-10)19-9-13(16)15-8-2-3-12(15)14(17)18/h4-7,12H,2-3,8-9H2,1H3,(H,17,18)/t12-/m0/s1. The van der Waals surface area contributed by atoms with Crippen LogP contribution < -0.4 is 4.74 Å². The zero-order chi connectivity index (χ0) is 13.8. The second-order valence-corrected chi connectivity index (χ2v) is 4.69. The molecule has 1 aromatic carbocycles. The van der Waals surface area contributed by atoms with E-state index < -0.39 is 12.0 Å². The molecule has 0 bridgehead atoms. The lowest BCUT2D eigenvalue weighted by Gasteiger charge is -2.21. The Morgan fingerprint density at radius 1 is 1.37 bits per heavy atom. The normalized spacial score (nSPS) is 18.4. The van der Waals surface area contributed by atoms with E-state index in [4.69, 9.17) is 9.84 Å². The number of carbonyl (C=O) groups is 2. The van der Waals surface area contributed by atoms with Gasteiger partial charge in [-0.15, -0.1) is 0 Å². The average molecular weight is 263 g/mol. The van der Waals surface area contributed by atoms with Crippen LogP contribution in [0.3, 0.4) is 0 Å². The number of ether oxygens (including phenoxy) is 1. The summed E-state index contributed by atoms with van der Waals surface area (Å²) in [5.41, 5.74) is 1.11. The third kappa shape index (κ3) is 3.24. The fourth-order valence-corrected chi connectivity index (χ4v) is 2.18. The van der Waals surface area contributed by atoms with Crippen LogP contribution in [0.15, 0.2) is 24.3 Å². The minimum atomic E-state index is -0.943. The van der Waals surface area contributed by atoms with E-state index in [0.29, 0.717) is 18.7 Å². The van der Waals surface area contributed by atoms with Gasteiger partial charge in [0.05, 0.1) is 0 Å². The lowest BCUT2D eigenvalue weighted by molar-refractivity contribution is -0.148. The van der Waals surface area contributed by atoms with Crippen LogP contribution in [0.1, 0.15) is 18.4 Å². The number of rotatable bonds is 4. The monoisotopic (exact) mass is 263 g/mol. The maximum atomic E-state index is 11.9. The molecule has 1 aromatic rings. The number of carboxylic acid groups (broad SMARTS) is 1. The summed E-state index contributed by atoms with van der Waals surface area (Å²) in [5, 5.41) is 9.01. The third-order valence-electron chi connectivity index (χ3n) is 3.24. The van der Waals surface area contributed by atoms with Gasteiger partial charge in [0.2, 0.25) is 0 Å². The van der Waals surface area contributed by atoms with Crippen LogP contribution in [0.4, 0.5) is 0 Å². The molecular weight excluding hydrogens is 246 g/mol. The van der Waals surface area contributed by atoms with Crippen molar-refractivity contribution in [1.82, 2.24) is 4.90 Å². The van der Waals surface area contributed by atoms with E-state index in [9.17, 15) is 9.59 Å². The van der Waals surface area contributed by atoms with Gasteiger partial charge in [0, 0.05) is 6.54 Å². The molecule has 0 spiro atoms. The number of benzene rings is 1. The first kappa shape index (κ1) is 13.4. The highest BCUT2D eigenvalue weighted by molar-refractivity contribution is 5.85. The second kappa shape index (κ2) is 5.73. The summed E-state index contributed by atoms with van der Waals surface area (Å²) in [6.45, 7) is 2.34. The van der Waals surface area contributed by atoms with Crippen molar-refractivity contribution in [3.63, 3.8) is 0 Å². The zero-order valence-corrected chi connectivity index (χ0v) is 10.8. The molecule has 5 nitrogen and oxygen atoms in total. The molecule has 2 rings (SSSR count). The molecule has 5 heteroatoms. The van der Waals surface area contributed by atoms with E-state index in [1.54, 1.807) is 12.1 Å². The molecule has 0 unspecified atom stereocenters. The first-order chi connectivity index (χ1) is 9.08. The number of amides is 1. The Morgan fingerprint density at radius 2 is 2.05 bits per heavy atom. The second-order valence-electron chi connectivity index (χ2n) is 4.69. The largest absolute Gasteiger partial charge is 0.484 e. The van der Waals surface area contributed by atoms with Crippen molar-refractivity contribution in [3.05, 3.63) is 29.8 Å². The molecule has 1 aliphatic heterocycles. The Kier molecular flexibility index (Phi) is 4.04. The van der Waals surface area contributed by atoms with E-state index in [0.717, 1.165) is 12.0 Å². The van der Waals surface area contributed by atoms with Crippen LogP contribution in [-0.4, -0.2) is 41.1 Å². The molecule has 1 saturated heterocycles. The van der Waals surface area contributed by atoms with Gasteiger partial charge in [-0.2, -0.15) is 0 Å². The predicted octanol–water partition coefficient (Wildman–Crippen LogP) is 1.45. The third-order valence-corrected chi connectivity index (χ3v) is 3.24. The van der Waals surface area contributed by atoms with Gasteiger partial charge in [0.1, 0.15) is 11.8 Å². The van der Waals surface area contributed by atoms with Gasteiger partial charge >= 0.3 is 5.97 Å². The molecule has 0 aliphatic carbocycles. The van der Waals surface area contributed by atoms with E-state index in [2.05, 4.69) is 0 Å². The molecule has 1 fully saturated rings. The number of likely N-dealkylation sites (tertiary alicyclic amines) is 1. The molecule has 1 amide bonds. The molecule has 1 N–H and O–H groups in total. The van der Waals surface area contributed by atoms with E-state index in [-0.39, 0.29) is 12.5 Å². The van der Waals surface area contributed by atoms with Gasteiger partial charge in [-0.25, -0.2) is 4.79 Å². The molecule has 102 valence electrons. The quantitative estimate of drug-likeness (QED) is 0.892. The summed E-state index contributed by atoms with van der Waals surface area (Å²) in [6.07, 6.45) is 1.25. The minimum absolute atomic E-state index is 0.118. The van der Waals surface area contributed by atoms with Crippen molar-refractivity contribution < 1.29 is 19.4 Å². The summed E-state index contributed by atoms with van der Waals surface area (Å²) < 4.78 is 5.38. The molecule has 19 heavy (non-hydrogen) atoms. The molecule has 1 aliphatic rings. The van der Waals surface area contributed by atoms with Crippen molar-refractivity contribution in [2.75, 3.05) is 13.2 Å². The average Bonchev–Trinajstić information content (AvgIpc) is 2.87. The Morgan fingerprint density at radius 3 is 2.68 bits per heavy atom. The molecule has 0 saturated carbocycles. The number of carbonyl (C=O) groups excluding carboxylic acids is 1. The number of carboxylic acids is 1. The van der Waals surface area contributed by atoms with Gasteiger partial charge in [0.15, 0.2) is 6.61 Å². The Hall–Kier alpha value is -2.04. The lowest BCUT2D eigenvalue weighted by Crippen LogP contribution is -2.42. The number of hydrogen-bond acceptors (Lipinski definition) is 3. The highest BCUT2D eigenvalue weighted by Gasteiger charge is 2.33. The number of hydrogen-bond donors (Lipinski definition) is 1. The molecule has 1 atom stereocenters. The lowest BCUT2D eigenvalue weighted by atomic mass is 10.2. The molecular formula is C14H17NO4. The van der Waals surface area contributed by atoms with E-state index >= 15 is 0 Å². The summed E-state index contributed by atoms with van der Waals surface area (Å²) in [7, 11) is 0. The highest BCUT2D eigenvalue weighted by atomic mass is 16.5. The smallest absolute Gasteiger partial charge is 0.326 e. The van der Waals surface area contributed by atoms with Crippen LogP contribution in [-0.2, 0) is 9.59 Å². The Labute approximate surface area is 111 Å². The van der Waals surface area contributed by atoms with Gasteiger partial charge in [-0.1, -0.05) is 17.7 Å². The zero-order valence-electron chi connectivity index (χ0n) is 10.8. The van der Waals surface area contributed by atoms with Crippen LogP contribution in [0.5, 0.6) is 5.75 Å². The van der Waals surface area contributed by atoms with Gasteiger partial charge in [0.25, 0.3) is 5.91 Å². The molecule has 0 aromatic heterocycles. The van der Waals surface area contributed by atoms with Crippen molar-refractivity contribution in [3.8, 4) is 5.75 Å². The number of nitrogens with zero attached hydrogens (tertiary/aromatic N) is 1. The van der Waals surface area contributed by atoms with Crippen LogP contribution in [0.25, 0.3) is 0 Å². The number of aryl methyl sites for hydroxylation is 1. The summed E-state index contributed by atoms with van der Waals surface area (Å²) in [5.74, 6) is -0.600. The van der Waals surface area contributed by atoms with Gasteiger partial charge in [-0.3, -0.25) is 4.79 Å². The van der Waals surface area contributed by atoms with Crippen LogP contribution in [0.2, 0.25) is 0 Å². The highest BCUT2D eigenvalue weighted by Crippen LogP contribution is 2.18. The first-order valence-corrected chi connectivity index (χ1v) is 6.29. The van der Waals surface area contributed by atoms with Crippen molar-refractivity contribution in [1.29, 1.82) is 0 Å². The van der Waals surface area contributed by atoms with Crippen molar-refractivity contribution in [2.45, 2.75) is 25.8 Å². The first-order valence-electron chi connectivity index (χ1n) is 6.29. The number of aliphatic carboxylic acids is 1. The fourth-order valence-electron chi connectivity index (χ4n) is 2.18. The fraction of sp³-hybridized carbons (Fsp3) is 0.429. The minimum Gasteiger partial charge on any atom is -0.484 e. The Balaban J connectivity index is 1.90. The predicted molar refractivity (Wildman–Crippen MR) is 69.0 cm³/mol.